The normalized spacial score (nSPS) is 20.3. The van der Waals surface area contributed by atoms with Gasteiger partial charge in [0.15, 0.2) is 0 Å². The Morgan fingerprint density at radius 1 is 1.27 bits per heavy atom. The molecule has 0 radical (unpaired) electrons. The zero-order valence-electron chi connectivity index (χ0n) is 9.84. The summed E-state index contributed by atoms with van der Waals surface area (Å²) in [5.74, 6) is 0. The highest BCUT2D eigenvalue weighted by Gasteiger charge is 2.43. The maximum absolute atomic E-state index is 9.95. The lowest BCUT2D eigenvalue weighted by atomic mass is 9.65. The molecule has 86 valence electrons. The summed E-state index contributed by atoms with van der Waals surface area (Å²) < 4.78 is 0. The quantitative estimate of drug-likeness (QED) is 0.653. The van der Waals surface area contributed by atoms with Crippen LogP contribution in [0.15, 0.2) is 0 Å². The Morgan fingerprint density at radius 3 is 2.40 bits per heavy atom. The number of unbranched alkanes of at least 4 members (excludes halogenated alkanes) is 4. The Balaban J connectivity index is 2.13. The molecule has 1 rings (SSSR count). The molecule has 1 aliphatic rings. The maximum Gasteiger partial charge on any atom is 0.0832 e. The molecule has 1 atom stereocenters. The number of aliphatic hydroxyl groups is 1. The second-order valence-corrected chi connectivity index (χ2v) is 4.84. The van der Waals surface area contributed by atoms with Gasteiger partial charge in [-0.15, -0.1) is 0 Å². The van der Waals surface area contributed by atoms with Crippen LogP contribution in [0.25, 0.3) is 0 Å². The number of hydrogen-bond donors (Lipinski definition) is 1. The van der Waals surface area contributed by atoms with E-state index < -0.39 is 0 Å². The highest BCUT2D eigenvalue weighted by atomic mass is 16.3. The molecule has 1 fully saturated rings. The van der Waals surface area contributed by atoms with Crippen LogP contribution in [0.4, 0.5) is 0 Å². The van der Waals surface area contributed by atoms with Crippen molar-refractivity contribution in [3.8, 4) is 6.07 Å². The van der Waals surface area contributed by atoms with Crippen molar-refractivity contribution in [1.82, 2.24) is 0 Å². The lowest BCUT2D eigenvalue weighted by Crippen LogP contribution is -2.39. The molecule has 0 amide bonds. The number of aliphatic hydroxyl groups excluding tert-OH is 1. The molecule has 2 nitrogen and oxygen atoms in total. The number of hydrogen-bond acceptors (Lipinski definition) is 2. The highest BCUT2D eigenvalue weighted by Crippen LogP contribution is 2.44. The van der Waals surface area contributed by atoms with E-state index in [-0.39, 0.29) is 11.5 Å². The first-order valence-electron chi connectivity index (χ1n) is 6.34. The van der Waals surface area contributed by atoms with E-state index in [1.807, 2.05) is 0 Å². The lowest BCUT2D eigenvalue weighted by Gasteiger charge is -2.39. The minimum Gasteiger partial charge on any atom is -0.391 e. The Hall–Kier alpha value is -0.550. The van der Waals surface area contributed by atoms with Crippen molar-refractivity contribution in [2.24, 2.45) is 5.41 Å². The third-order valence-electron chi connectivity index (χ3n) is 3.69. The average Bonchev–Trinajstić information content (AvgIpc) is 2.17. The third-order valence-corrected chi connectivity index (χ3v) is 3.69. The fraction of sp³-hybridized carbons (Fsp3) is 0.923. The maximum atomic E-state index is 9.95. The lowest BCUT2D eigenvalue weighted by molar-refractivity contribution is 0.00250. The van der Waals surface area contributed by atoms with Crippen molar-refractivity contribution in [2.75, 3.05) is 0 Å². The molecule has 0 aromatic rings. The predicted molar refractivity (Wildman–Crippen MR) is 61.3 cm³/mol. The van der Waals surface area contributed by atoms with E-state index in [1.54, 1.807) is 0 Å². The number of rotatable bonds is 7. The largest absolute Gasteiger partial charge is 0.391 e. The fourth-order valence-corrected chi connectivity index (χ4v) is 2.29. The van der Waals surface area contributed by atoms with E-state index in [9.17, 15) is 5.11 Å². The summed E-state index contributed by atoms with van der Waals surface area (Å²) in [5, 5.41) is 19.0. The summed E-state index contributed by atoms with van der Waals surface area (Å²) in [6, 6.07) is 2.32. The summed E-state index contributed by atoms with van der Waals surface area (Å²) in [7, 11) is 0. The molecular formula is C13H23NO. The smallest absolute Gasteiger partial charge is 0.0832 e. The van der Waals surface area contributed by atoms with Gasteiger partial charge in [0.05, 0.1) is 17.6 Å². The van der Waals surface area contributed by atoms with Gasteiger partial charge in [-0.3, -0.25) is 0 Å². The van der Waals surface area contributed by atoms with Gasteiger partial charge in [0, 0.05) is 0 Å². The first-order valence-corrected chi connectivity index (χ1v) is 6.34. The van der Waals surface area contributed by atoms with Crippen LogP contribution in [-0.4, -0.2) is 11.2 Å². The van der Waals surface area contributed by atoms with Crippen molar-refractivity contribution in [3.63, 3.8) is 0 Å². The molecule has 0 aliphatic heterocycles. The van der Waals surface area contributed by atoms with Crippen LogP contribution >= 0.6 is 0 Å². The summed E-state index contributed by atoms with van der Waals surface area (Å²) in [6.45, 7) is 2.20. The fourth-order valence-electron chi connectivity index (χ4n) is 2.29. The van der Waals surface area contributed by atoms with E-state index in [0.717, 1.165) is 32.1 Å². The van der Waals surface area contributed by atoms with Crippen LogP contribution in [0.2, 0.25) is 0 Å². The Bertz CT molecular complexity index is 215. The van der Waals surface area contributed by atoms with Gasteiger partial charge in [-0.2, -0.15) is 5.26 Å². The average molecular weight is 209 g/mol. The van der Waals surface area contributed by atoms with Crippen LogP contribution in [0, 0.1) is 16.7 Å². The van der Waals surface area contributed by atoms with Gasteiger partial charge in [-0.25, -0.2) is 0 Å². The van der Waals surface area contributed by atoms with Crippen molar-refractivity contribution in [1.29, 1.82) is 5.26 Å². The second kappa shape index (κ2) is 6.12. The third kappa shape index (κ3) is 3.21. The van der Waals surface area contributed by atoms with Gasteiger partial charge in [0.1, 0.15) is 0 Å². The molecule has 0 spiro atoms. The van der Waals surface area contributed by atoms with Gasteiger partial charge >= 0.3 is 0 Å². The van der Waals surface area contributed by atoms with E-state index in [2.05, 4.69) is 13.0 Å². The van der Waals surface area contributed by atoms with E-state index >= 15 is 0 Å². The molecule has 0 aromatic heterocycles. The van der Waals surface area contributed by atoms with E-state index in [1.165, 1.54) is 25.7 Å². The van der Waals surface area contributed by atoms with Crippen LogP contribution < -0.4 is 0 Å². The monoisotopic (exact) mass is 209 g/mol. The zero-order chi connectivity index (χ0) is 11.1. The Kier molecular flexibility index (Phi) is 5.11. The summed E-state index contributed by atoms with van der Waals surface area (Å²) >= 11 is 0. The Labute approximate surface area is 93.3 Å². The highest BCUT2D eigenvalue weighted by molar-refractivity contribution is 5.08. The molecule has 15 heavy (non-hydrogen) atoms. The molecule has 1 N–H and O–H groups in total. The van der Waals surface area contributed by atoms with Gasteiger partial charge in [0.25, 0.3) is 0 Å². The van der Waals surface area contributed by atoms with Gasteiger partial charge in [-0.1, -0.05) is 45.4 Å². The van der Waals surface area contributed by atoms with Gasteiger partial charge < -0.3 is 5.11 Å². The minimum absolute atomic E-state index is 0.370. The van der Waals surface area contributed by atoms with Crippen molar-refractivity contribution < 1.29 is 5.11 Å². The molecule has 1 aliphatic carbocycles. The first-order chi connectivity index (χ1) is 7.25. The molecular weight excluding hydrogens is 186 g/mol. The van der Waals surface area contributed by atoms with Crippen LogP contribution in [0.1, 0.15) is 64.7 Å². The van der Waals surface area contributed by atoms with Crippen molar-refractivity contribution >= 4 is 0 Å². The van der Waals surface area contributed by atoms with Crippen LogP contribution in [0.3, 0.4) is 0 Å². The molecule has 0 saturated heterocycles. The van der Waals surface area contributed by atoms with Crippen molar-refractivity contribution in [2.45, 2.75) is 70.8 Å². The van der Waals surface area contributed by atoms with Crippen LogP contribution in [-0.2, 0) is 0 Å². The summed E-state index contributed by atoms with van der Waals surface area (Å²) in [6.07, 6.45) is 9.44. The molecule has 2 heteroatoms. The van der Waals surface area contributed by atoms with Crippen molar-refractivity contribution in [3.05, 3.63) is 0 Å². The second-order valence-electron chi connectivity index (χ2n) is 4.84. The molecule has 0 aromatic carbocycles. The molecule has 0 heterocycles. The molecule has 1 saturated carbocycles. The molecule has 0 bridgehead atoms. The summed E-state index contributed by atoms with van der Waals surface area (Å²) in [5.41, 5.74) is -0.370. The topological polar surface area (TPSA) is 44.0 Å². The first kappa shape index (κ1) is 12.5. The van der Waals surface area contributed by atoms with Crippen LogP contribution in [0.5, 0.6) is 0 Å². The van der Waals surface area contributed by atoms with Gasteiger partial charge in [0.2, 0.25) is 0 Å². The van der Waals surface area contributed by atoms with E-state index in [0.29, 0.717) is 0 Å². The number of nitrogens with zero attached hydrogens (tertiary/aromatic N) is 1. The predicted octanol–water partition coefficient (Wildman–Crippen LogP) is 3.40. The van der Waals surface area contributed by atoms with E-state index in [4.69, 9.17) is 5.26 Å². The number of nitriles is 1. The Morgan fingerprint density at radius 2 is 1.93 bits per heavy atom. The minimum atomic E-state index is -0.377. The molecule has 1 unspecified atom stereocenters. The SMILES string of the molecule is CCCCCCCC(O)C1(C#N)CCC1. The zero-order valence-corrected chi connectivity index (χ0v) is 9.84. The van der Waals surface area contributed by atoms with Gasteiger partial charge in [-0.05, 0) is 19.3 Å². The summed E-state index contributed by atoms with van der Waals surface area (Å²) in [4.78, 5) is 0. The standard InChI is InChI=1S/C13H23NO/c1-2-3-4-5-6-8-12(15)13(11-14)9-7-10-13/h12,15H,2-10H2,1H3.